The number of carbonyl (C=O) groups excluding carboxylic acids is 2. The summed E-state index contributed by atoms with van der Waals surface area (Å²) in [7, 11) is 0. The van der Waals surface area contributed by atoms with Crippen molar-refractivity contribution in [2.45, 2.75) is 185 Å². The molecule has 12 heterocycles. The maximum absolute atomic E-state index is 14.9. The van der Waals surface area contributed by atoms with Crippen LogP contribution in [0, 0.1) is 39.8 Å². The SMILES string of the molecule is C[C@@H]1CCC[C@@H]2c3ccc(N[C@H]4CN(C(=O)OC(C)(C)C)C[C@H]4F)cc3CN12.C[C@@H]1CN(c2ccc(C#N)c3ncsc23)C[C@@H]2c3ccc(N[C@H]4CN(C(=O)OC(C)(C)C)C[C@H]4F)cc3CN12.C[C@@H]1CN(c2ccc(C#N)c3ncsc23)C[C@@H]2c3ccc(N[C@H]4CNC[C@H]4F)cc3CN12.N#Cc1ccc(F)c2scnc12. The Labute approximate surface area is 656 Å². The Bertz CT molecular complexity index is 5100. The molecule has 3 aromatic heterocycles. The van der Waals surface area contributed by atoms with Gasteiger partial charge in [-0.05, 0) is 181 Å². The molecule has 9 aliphatic rings. The third kappa shape index (κ3) is 16.1. The molecular formula is C83H93F4N17O4S3. The van der Waals surface area contributed by atoms with Crippen LogP contribution in [-0.4, -0.2) is 183 Å². The van der Waals surface area contributed by atoms with Crippen LogP contribution >= 0.6 is 34.0 Å². The highest BCUT2D eigenvalue weighted by molar-refractivity contribution is 7.18. The maximum atomic E-state index is 14.9. The minimum atomic E-state index is -1.17. The standard InChI is InChI=1S/C29H33FN6O2S.C24H25FN6S.C22H32FN3O2.C8H3FN2S/c1-17-11-34(24-8-5-18(10-31)26-27(24)39-16-32-26)15-25-21-7-6-20(9-19(21)12-36(17)25)33-23-14-35(13-22(23)30)28(37)38-29(2,3)4;1-14-10-30(21-5-2-15(7-26)23-24(21)32-13-28-23)12-22-18-4-3-17(6-16(18)11-31(14)22)29-20-9-27-8-19(20)25;1-14-6-5-7-20-17-9-8-16(10-15(17)11-26(14)20)24-19-13-25(12-18(19)23)21(27)28-22(2,3)4;9-6-2-1-5(3-10)7-8(6)12-4-11-7/h5-9,16-17,22-23,25,33H,11-15H2,1-4H3;2-6,13-14,19-20,22,27,29H,8-12H2,1H3;8-10,14,18-20,24H,5-7,11-13H2,1-4H3;1-2,4H/t17-,22-,23+,25-;14-,19-,20+,22-;14-,18-,19+,20-;/m111./s1. The summed E-state index contributed by atoms with van der Waals surface area (Å²) in [5.74, 6) is -0.313. The van der Waals surface area contributed by atoms with Gasteiger partial charge in [-0.3, -0.25) is 14.7 Å². The molecule has 9 aromatic rings. The van der Waals surface area contributed by atoms with E-state index in [-0.39, 0.29) is 37.5 Å². The fraction of sp³-hybridized carbons (Fsp3) is 0.470. The molecule has 6 aromatic carbocycles. The van der Waals surface area contributed by atoms with Gasteiger partial charge >= 0.3 is 12.2 Å². The summed E-state index contributed by atoms with van der Waals surface area (Å²) >= 11 is 4.39. The van der Waals surface area contributed by atoms with Gasteiger partial charge in [0.25, 0.3) is 0 Å². The molecule has 580 valence electrons. The summed E-state index contributed by atoms with van der Waals surface area (Å²) in [4.78, 5) is 53.0. The lowest BCUT2D eigenvalue weighted by molar-refractivity contribution is 0.0273. The van der Waals surface area contributed by atoms with Crippen LogP contribution in [0.25, 0.3) is 30.6 Å². The molecule has 0 saturated carbocycles. The molecule has 0 bridgehead atoms. The zero-order chi connectivity index (χ0) is 77.9. The molecule has 0 spiro atoms. The maximum Gasteiger partial charge on any atom is 0.410 e. The molecule has 0 aliphatic carbocycles. The van der Waals surface area contributed by atoms with Gasteiger partial charge < -0.3 is 50.3 Å². The number of aromatic nitrogens is 3. The van der Waals surface area contributed by atoms with Gasteiger partial charge in [-0.1, -0.05) is 24.6 Å². The molecule has 111 heavy (non-hydrogen) atoms. The predicted molar refractivity (Wildman–Crippen MR) is 429 cm³/mol. The zero-order valence-electron chi connectivity index (χ0n) is 63.8. The van der Waals surface area contributed by atoms with Crippen molar-refractivity contribution in [1.29, 1.82) is 15.8 Å². The first kappa shape index (κ1) is 76.9. The van der Waals surface area contributed by atoms with Crippen molar-refractivity contribution >= 4 is 105 Å². The van der Waals surface area contributed by atoms with E-state index in [1.165, 1.54) is 97.1 Å². The molecule has 12 atom stereocenters. The number of halogens is 4. The highest BCUT2D eigenvalue weighted by Gasteiger charge is 2.44. The topological polar surface area (TPSA) is 233 Å². The molecule has 0 radical (unpaired) electrons. The molecule has 0 unspecified atom stereocenters. The van der Waals surface area contributed by atoms with Crippen LogP contribution in [0.3, 0.4) is 0 Å². The second-order valence-electron chi connectivity index (χ2n) is 32.6. The number of likely N-dealkylation sites (tertiary alicyclic amines) is 2. The summed E-state index contributed by atoms with van der Waals surface area (Å²) in [6.07, 6.45) is -0.261. The van der Waals surface area contributed by atoms with E-state index in [9.17, 15) is 37.7 Å². The summed E-state index contributed by atoms with van der Waals surface area (Å²) in [6.45, 7) is 25.9. The molecule has 9 aliphatic heterocycles. The second kappa shape index (κ2) is 31.6. The van der Waals surface area contributed by atoms with Gasteiger partial charge in [0.15, 0.2) is 0 Å². The normalized spacial score (nSPS) is 25.3. The number of hydrogen-bond acceptors (Lipinski definition) is 22. The van der Waals surface area contributed by atoms with Crippen molar-refractivity contribution < 1.29 is 36.6 Å². The van der Waals surface area contributed by atoms with Crippen LogP contribution in [0.4, 0.5) is 55.6 Å². The van der Waals surface area contributed by atoms with E-state index in [0.29, 0.717) is 76.8 Å². The number of benzene rings is 6. The van der Waals surface area contributed by atoms with Crippen molar-refractivity contribution in [2.24, 2.45) is 0 Å². The van der Waals surface area contributed by atoms with E-state index in [0.717, 1.165) is 89.0 Å². The lowest BCUT2D eigenvalue weighted by Gasteiger charge is -2.43. The summed E-state index contributed by atoms with van der Waals surface area (Å²) in [6, 6.07) is 37.8. The summed E-state index contributed by atoms with van der Waals surface area (Å²) in [5.41, 5.74) is 20.8. The number of rotatable bonds is 8. The molecule has 4 N–H and O–H groups in total. The average molecular weight is 1560 g/mol. The number of fused-ring (bicyclic) bond motifs is 12. The number of hydrogen-bond donors (Lipinski definition) is 4. The third-order valence-corrected chi connectivity index (χ3v) is 25.3. The van der Waals surface area contributed by atoms with Crippen molar-refractivity contribution in [3.05, 3.63) is 163 Å². The number of nitriles is 3. The first-order valence-electron chi connectivity index (χ1n) is 38.3. The van der Waals surface area contributed by atoms with Crippen molar-refractivity contribution in [3.63, 3.8) is 0 Å². The predicted octanol–water partition coefficient (Wildman–Crippen LogP) is 15.7. The Balaban J connectivity index is 0.000000124. The van der Waals surface area contributed by atoms with Gasteiger partial charge in [-0.25, -0.2) is 42.1 Å². The minimum absolute atomic E-state index is 0.0308. The van der Waals surface area contributed by atoms with E-state index in [2.05, 4.69) is 154 Å². The highest BCUT2D eigenvalue weighted by Crippen LogP contribution is 2.47. The van der Waals surface area contributed by atoms with E-state index in [1.807, 2.05) is 76.8 Å². The lowest BCUT2D eigenvalue weighted by Crippen LogP contribution is -2.51. The molecule has 2 amide bonds. The summed E-state index contributed by atoms with van der Waals surface area (Å²) < 4.78 is 69.9. The van der Waals surface area contributed by atoms with E-state index in [1.54, 1.807) is 22.7 Å². The molecule has 6 fully saturated rings. The number of amides is 2. The molecule has 18 rings (SSSR count). The number of nitrogens with one attached hydrogen (secondary N) is 4. The quantitative estimate of drug-likeness (QED) is 0.104. The fourth-order valence-electron chi connectivity index (χ4n) is 17.4. The van der Waals surface area contributed by atoms with E-state index < -0.39 is 54.0 Å². The fourth-order valence-corrected chi connectivity index (χ4v) is 19.8. The van der Waals surface area contributed by atoms with E-state index in [4.69, 9.17) is 14.7 Å². The van der Waals surface area contributed by atoms with Crippen molar-refractivity contribution in [2.75, 3.05) is 91.2 Å². The van der Waals surface area contributed by atoms with Gasteiger partial charge in [0.2, 0.25) is 0 Å². The minimum Gasteiger partial charge on any atom is -0.444 e. The van der Waals surface area contributed by atoms with Crippen molar-refractivity contribution in [3.8, 4) is 18.2 Å². The van der Waals surface area contributed by atoms with Gasteiger partial charge in [0.1, 0.15) is 70.3 Å². The zero-order valence-corrected chi connectivity index (χ0v) is 66.3. The van der Waals surface area contributed by atoms with Crippen LogP contribution in [0.1, 0.15) is 150 Å². The molecule has 28 heteroatoms. The average Bonchev–Trinajstić information content (AvgIpc) is 1.61. The number of anilines is 5. The van der Waals surface area contributed by atoms with Gasteiger partial charge in [0, 0.05) is 113 Å². The first-order chi connectivity index (χ1) is 53.3. The Morgan fingerprint density at radius 3 is 1.32 bits per heavy atom. The lowest BCUT2D eigenvalue weighted by atomic mass is 9.94. The van der Waals surface area contributed by atoms with Crippen LogP contribution in [0.2, 0.25) is 0 Å². The number of piperazine rings is 2. The number of ether oxygens (including phenoxy) is 2. The summed E-state index contributed by atoms with van der Waals surface area (Å²) in [5, 5.41) is 40.7. The third-order valence-electron chi connectivity index (χ3n) is 22.7. The van der Waals surface area contributed by atoms with Crippen LogP contribution < -0.4 is 31.1 Å². The number of alkyl halides is 3. The largest absolute Gasteiger partial charge is 0.444 e. The van der Waals surface area contributed by atoms with Crippen LogP contribution in [-0.2, 0) is 29.1 Å². The van der Waals surface area contributed by atoms with Gasteiger partial charge in [-0.15, -0.1) is 34.0 Å². The molecule has 6 saturated heterocycles. The Morgan fingerprint density at radius 2 is 0.892 bits per heavy atom. The van der Waals surface area contributed by atoms with Gasteiger partial charge in [0.05, 0.1) is 102 Å². The first-order valence-corrected chi connectivity index (χ1v) is 40.9. The Morgan fingerprint density at radius 1 is 0.486 bits per heavy atom. The molecule has 21 nitrogen and oxygen atoms in total. The Hall–Kier alpha value is -9.44. The number of carbonyl (C=O) groups is 2. The number of thiazole rings is 3. The highest BCUT2D eigenvalue weighted by atomic mass is 32.1. The number of nitrogens with zero attached hydrogens (tertiary/aromatic N) is 13. The van der Waals surface area contributed by atoms with Crippen molar-refractivity contribution in [1.82, 2.24) is 44.8 Å². The smallest absolute Gasteiger partial charge is 0.410 e. The second-order valence-corrected chi connectivity index (χ2v) is 35.2. The van der Waals surface area contributed by atoms with Crippen LogP contribution in [0.5, 0.6) is 0 Å². The van der Waals surface area contributed by atoms with E-state index >= 15 is 0 Å². The molecular weight excluding hydrogens is 1470 g/mol. The Kier molecular flexibility index (Phi) is 21.9. The number of piperidine rings is 1. The monoisotopic (exact) mass is 1560 g/mol. The van der Waals surface area contributed by atoms with Crippen LogP contribution in [0.15, 0.2) is 108 Å². The van der Waals surface area contributed by atoms with Gasteiger partial charge in [-0.2, -0.15) is 15.8 Å².